The van der Waals surface area contributed by atoms with Crippen LogP contribution in [0.3, 0.4) is 0 Å². The second-order valence-electron chi connectivity index (χ2n) is 7.35. The molecule has 0 spiro atoms. The van der Waals surface area contributed by atoms with Crippen LogP contribution in [-0.4, -0.2) is 10.9 Å². The molecular weight excluding hydrogens is 427 g/mol. The lowest BCUT2D eigenvalue weighted by molar-refractivity contribution is -0.124. The average molecular weight is 446 g/mol. The first-order valence-corrected chi connectivity index (χ1v) is 10.5. The number of carbonyl (C=O) groups is 1. The fourth-order valence-electron chi connectivity index (χ4n) is 3.51. The number of carbonyl (C=O) groups excluding carboxylic acids is 1. The second kappa shape index (κ2) is 8.35. The van der Waals surface area contributed by atoms with Gasteiger partial charge in [-0.3, -0.25) is 9.78 Å². The molecule has 0 bridgehead atoms. The first kappa shape index (κ1) is 20.2. The van der Waals surface area contributed by atoms with E-state index in [2.05, 4.69) is 10.3 Å². The average Bonchev–Trinajstić information content (AvgIpc) is 3.53. The number of hydrogen-bond donors (Lipinski definition) is 1. The van der Waals surface area contributed by atoms with E-state index in [0.717, 1.165) is 24.0 Å². The largest absolute Gasteiger partial charge is 0.340 e. The number of hydrogen-bond acceptors (Lipinski definition) is 2. The summed E-state index contributed by atoms with van der Waals surface area (Å²) in [6, 6.07) is 18.9. The van der Waals surface area contributed by atoms with Crippen LogP contribution in [0.2, 0.25) is 15.1 Å². The zero-order chi connectivity index (χ0) is 20.4. The number of halogens is 3. The summed E-state index contributed by atoms with van der Waals surface area (Å²) in [5.74, 6) is 0.0425. The molecule has 1 aliphatic carbocycles. The summed E-state index contributed by atoms with van der Waals surface area (Å²) in [5, 5.41) is 4.81. The lowest BCUT2D eigenvalue weighted by Gasteiger charge is -2.36. The molecule has 1 N–H and O–H groups in total. The Morgan fingerprint density at radius 2 is 1.66 bits per heavy atom. The van der Waals surface area contributed by atoms with Gasteiger partial charge in [0.25, 0.3) is 0 Å². The van der Waals surface area contributed by atoms with E-state index >= 15 is 0 Å². The van der Waals surface area contributed by atoms with E-state index in [4.69, 9.17) is 34.8 Å². The van der Waals surface area contributed by atoms with Crippen molar-refractivity contribution in [2.24, 2.45) is 5.92 Å². The van der Waals surface area contributed by atoms with E-state index in [1.54, 1.807) is 18.3 Å². The third-order valence-electron chi connectivity index (χ3n) is 5.12. The highest BCUT2D eigenvalue weighted by molar-refractivity contribution is 6.34. The Kier molecular flexibility index (Phi) is 5.82. The van der Waals surface area contributed by atoms with E-state index in [1.165, 1.54) is 0 Å². The van der Waals surface area contributed by atoms with E-state index in [9.17, 15) is 4.79 Å². The summed E-state index contributed by atoms with van der Waals surface area (Å²) in [5.41, 5.74) is 1.58. The van der Waals surface area contributed by atoms with E-state index < -0.39 is 5.54 Å². The summed E-state index contributed by atoms with van der Waals surface area (Å²) >= 11 is 18.8. The minimum absolute atomic E-state index is 0.00813. The van der Waals surface area contributed by atoms with Crippen LogP contribution in [0, 0.1) is 5.92 Å². The van der Waals surface area contributed by atoms with Gasteiger partial charge in [0.15, 0.2) is 0 Å². The van der Waals surface area contributed by atoms with Gasteiger partial charge < -0.3 is 5.32 Å². The number of nitrogens with one attached hydrogen (secondary N) is 1. The van der Waals surface area contributed by atoms with Crippen molar-refractivity contribution in [3.8, 4) is 0 Å². The van der Waals surface area contributed by atoms with Crippen LogP contribution in [0.5, 0.6) is 0 Å². The maximum Gasteiger partial charge on any atom is 0.224 e. The van der Waals surface area contributed by atoms with Crippen molar-refractivity contribution < 1.29 is 4.79 Å². The highest BCUT2D eigenvalue weighted by atomic mass is 35.5. The predicted molar refractivity (Wildman–Crippen MR) is 118 cm³/mol. The minimum Gasteiger partial charge on any atom is -0.340 e. The molecule has 0 aliphatic heterocycles. The number of rotatable bonds is 6. The van der Waals surface area contributed by atoms with Crippen molar-refractivity contribution >= 4 is 40.7 Å². The minimum atomic E-state index is -0.930. The lowest BCUT2D eigenvalue weighted by Crippen LogP contribution is -2.49. The smallest absolute Gasteiger partial charge is 0.224 e. The first-order chi connectivity index (χ1) is 14.0. The van der Waals surface area contributed by atoms with Gasteiger partial charge in [0.1, 0.15) is 5.54 Å². The Bertz CT molecular complexity index is 1000. The van der Waals surface area contributed by atoms with Crippen molar-refractivity contribution in [2.45, 2.75) is 24.8 Å². The van der Waals surface area contributed by atoms with Crippen LogP contribution in [0.4, 0.5) is 0 Å². The van der Waals surface area contributed by atoms with Crippen LogP contribution in [-0.2, 0) is 16.8 Å². The molecule has 148 valence electrons. The van der Waals surface area contributed by atoms with Crippen molar-refractivity contribution in [3.63, 3.8) is 0 Å². The van der Waals surface area contributed by atoms with Crippen molar-refractivity contribution in [2.75, 3.05) is 0 Å². The molecular formula is C23H19Cl3N2O. The number of amides is 1. The zero-order valence-corrected chi connectivity index (χ0v) is 17.8. The summed E-state index contributed by atoms with van der Waals surface area (Å²) in [6.45, 7) is 0. The fourth-order valence-corrected chi connectivity index (χ4v) is 4.15. The molecule has 3 aromatic rings. The Hall–Kier alpha value is -2.07. The molecule has 1 saturated carbocycles. The molecule has 1 heterocycles. The monoisotopic (exact) mass is 444 g/mol. The van der Waals surface area contributed by atoms with Gasteiger partial charge in [0, 0.05) is 28.6 Å². The Balaban J connectivity index is 1.91. The molecule has 29 heavy (non-hydrogen) atoms. The van der Waals surface area contributed by atoms with Crippen molar-refractivity contribution in [1.82, 2.24) is 10.3 Å². The molecule has 1 unspecified atom stereocenters. The molecule has 6 heteroatoms. The number of nitrogens with zero attached hydrogens (tertiary/aromatic N) is 1. The Morgan fingerprint density at radius 3 is 2.24 bits per heavy atom. The molecule has 1 aliphatic rings. The van der Waals surface area contributed by atoms with Gasteiger partial charge in [0.05, 0.1) is 10.7 Å². The van der Waals surface area contributed by atoms with Crippen LogP contribution in [0.25, 0.3) is 0 Å². The SMILES string of the molecule is O=C(NC(Cc1ccccc1)(c1cc(Cl)cc(Cl)c1)c1ccc(Cl)cn1)C1CC1. The van der Waals surface area contributed by atoms with Crippen LogP contribution >= 0.6 is 34.8 Å². The van der Waals surface area contributed by atoms with Gasteiger partial charge in [-0.15, -0.1) is 0 Å². The Morgan fingerprint density at radius 1 is 0.966 bits per heavy atom. The standard InChI is InChI=1S/C23H19Cl3N2O/c24-18-8-9-21(27-14-18)23(28-22(29)16-6-7-16,13-15-4-2-1-3-5-15)17-10-19(25)12-20(26)11-17/h1-5,8-12,14,16H,6-7,13H2,(H,28,29). The summed E-state index contributed by atoms with van der Waals surface area (Å²) in [6.07, 6.45) is 3.89. The molecule has 3 nitrogen and oxygen atoms in total. The molecule has 1 aromatic heterocycles. The highest BCUT2D eigenvalue weighted by Crippen LogP contribution is 2.38. The first-order valence-electron chi connectivity index (χ1n) is 9.41. The molecule has 4 rings (SSSR count). The zero-order valence-electron chi connectivity index (χ0n) is 15.5. The van der Waals surface area contributed by atoms with Crippen LogP contribution in [0.15, 0.2) is 66.9 Å². The van der Waals surface area contributed by atoms with Gasteiger partial charge in [-0.25, -0.2) is 0 Å². The van der Waals surface area contributed by atoms with E-state index in [1.807, 2.05) is 48.5 Å². The number of pyridine rings is 1. The molecule has 0 radical (unpaired) electrons. The topological polar surface area (TPSA) is 42.0 Å². The van der Waals surface area contributed by atoms with Crippen molar-refractivity contribution in [1.29, 1.82) is 0 Å². The summed E-state index contributed by atoms with van der Waals surface area (Å²) < 4.78 is 0. The third kappa shape index (κ3) is 4.58. The number of aromatic nitrogens is 1. The quantitative estimate of drug-likeness (QED) is 0.501. The fraction of sp³-hybridized carbons (Fsp3) is 0.217. The molecule has 2 aromatic carbocycles. The molecule has 1 amide bonds. The lowest BCUT2D eigenvalue weighted by atomic mass is 9.80. The third-order valence-corrected chi connectivity index (χ3v) is 5.78. The van der Waals surface area contributed by atoms with Crippen LogP contribution < -0.4 is 5.32 Å². The van der Waals surface area contributed by atoms with Gasteiger partial charge in [0.2, 0.25) is 5.91 Å². The summed E-state index contributed by atoms with van der Waals surface area (Å²) in [4.78, 5) is 17.5. The second-order valence-corrected chi connectivity index (χ2v) is 8.66. The highest BCUT2D eigenvalue weighted by Gasteiger charge is 2.41. The van der Waals surface area contributed by atoms with Gasteiger partial charge in [-0.05, 0) is 54.3 Å². The van der Waals surface area contributed by atoms with Crippen molar-refractivity contribution in [3.05, 3.63) is 98.7 Å². The molecule has 0 saturated heterocycles. The summed E-state index contributed by atoms with van der Waals surface area (Å²) in [7, 11) is 0. The number of benzene rings is 2. The maximum absolute atomic E-state index is 13.0. The van der Waals surface area contributed by atoms with E-state index in [0.29, 0.717) is 27.2 Å². The molecule has 1 fully saturated rings. The van der Waals surface area contributed by atoms with E-state index in [-0.39, 0.29) is 11.8 Å². The normalized spacial score (nSPS) is 15.6. The van der Waals surface area contributed by atoms with Crippen LogP contribution in [0.1, 0.15) is 29.7 Å². The van der Waals surface area contributed by atoms with Gasteiger partial charge in [-0.2, -0.15) is 0 Å². The van der Waals surface area contributed by atoms with Gasteiger partial charge >= 0.3 is 0 Å². The Labute approximate surface area is 185 Å². The molecule has 1 atom stereocenters. The predicted octanol–water partition coefficient (Wildman–Crippen LogP) is 6.05. The van der Waals surface area contributed by atoms with Gasteiger partial charge in [-0.1, -0.05) is 65.1 Å². The maximum atomic E-state index is 13.0.